The molecule has 1 heterocycles. The van der Waals surface area contributed by atoms with Crippen molar-refractivity contribution in [2.45, 2.75) is 23.8 Å². The minimum absolute atomic E-state index is 0.102. The summed E-state index contributed by atoms with van der Waals surface area (Å²) >= 11 is 7.15. The van der Waals surface area contributed by atoms with Crippen LogP contribution in [0, 0.1) is 0 Å². The zero-order valence-electron chi connectivity index (χ0n) is 15.8. The van der Waals surface area contributed by atoms with Gasteiger partial charge in [-0.25, -0.2) is 13.4 Å². The maximum absolute atomic E-state index is 12.5. The number of amides is 1. The molecule has 0 saturated carbocycles. The standard InChI is InChI=1S/C18H22ClN3O4S2/c1-4-22(5-2)28(24,25)14-7-9-18(20-11-14)27-12-17(23)21-15-10-13(19)6-8-16(15)26-3/h6-11H,4-5,12H2,1-3H3,(H,21,23). The van der Waals surface area contributed by atoms with Crippen molar-refractivity contribution in [3.8, 4) is 5.75 Å². The highest BCUT2D eigenvalue weighted by atomic mass is 35.5. The predicted molar refractivity (Wildman–Crippen MR) is 112 cm³/mol. The molecule has 0 unspecified atom stereocenters. The highest BCUT2D eigenvalue weighted by Gasteiger charge is 2.21. The molecular formula is C18H22ClN3O4S2. The number of nitrogens with zero attached hydrogens (tertiary/aromatic N) is 2. The fraction of sp³-hybridized carbons (Fsp3) is 0.333. The zero-order chi connectivity index (χ0) is 20.7. The number of benzene rings is 1. The van der Waals surface area contributed by atoms with Crippen LogP contribution in [0.25, 0.3) is 0 Å². The van der Waals surface area contributed by atoms with Crippen molar-refractivity contribution in [3.05, 3.63) is 41.6 Å². The smallest absolute Gasteiger partial charge is 0.244 e. The second-order valence-electron chi connectivity index (χ2n) is 5.60. The summed E-state index contributed by atoms with van der Waals surface area (Å²) in [5.74, 6) is 0.351. The van der Waals surface area contributed by atoms with Crippen molar-refractivity contribution in [1.82, 2.24) is 9.29 Å². The number of carbonyl (C=O) groups excluding carboxylic acids is 1. The number of hydrogen-bond donors (Lipinski definition) is 1. The summed E-state index contributed by atoms with van der Waals surface area (Å²) in [5, 5.41) is 3.77. The minimum Gasteiger partial charge on any atom is -0.495 e. The molecule has 0 aliphatic carbocycles. The number of sulfonamides is 1. The first-order valence-electron chi connectivity index (χ1n) is 8.54. The first-order valence-corrected chi connectivity index (χ1v) is 11.3. The molecule has 0 aliphatic heterocycles. The number of carbonyl (C=O) groups is 1. The molecule has 1 aromatic carbocycles. The highest BCUT2D eigenvalue weighted by molar-refractivity contribution is 7.99. The summed E-state index contributed by atoms with van der Waals surface area (Å²) in [4.78, 5) is 16.5. The molecule has 7 nitrogen and oxygen atoms in total. The molecule has 1 aromatic heterocycles. The summed E-state index contributed by atoms with van der Waals surface area (Å²) in [7, 11) is -2.04. The van der Waals surface area contributed by atoms with Crippen molar-refractivity contribution in [3.63, 3.8) is 0 Å². The Balaban J connectivity index is 2.00. The quantitative estimate of drug-likeness (QED) is 0.596. The van der Waals surface area contributed by atoms with Gasteiger partial charge in [-0.1, -0.05) is 37.2 Å². The van der Waals surface area contributed by atoms with Crippen LogP contribution in [-0.2, 0) is 14.8 Å². The van der Waals surface area contributed by atoms with Crippen LogP contribution in [0.3, 0.4) is 0 Å². The third kappa shape index (κ3) is 5.60. The fourth-order valence-electron chi connectivity index (χ4n) is 2.42. The molecule has 1 amide bonds. The van der Waals surface area contributed by atoms with E-state index in [1.165, 1.54) is 35.4 Å². The number of methoxy groups -OCH3 is 1. The molecule has 152 valence electrons. The van der Waals surface area contributed by atoms with Gasteiger partial charge < -0.3 is 10.1 Å². The monoisotopic (exact) mass is 443 g/mol. The van der Waals surface area contributed by atoms with Gasteiger partial charge in [0.25, 0.3) is 0 Å². The Morgan fingerprint density at radius 2 is 1.96 bits per heavy atom. The molecule has 1 N–H and O–H groups in total. The Bertz CT molecular complexity index is 917. The number of rotatable bonds is 9. The van der Waals surface area contributed by atoms with E-state index in [0.29, 0.717) is 34.6 Å². The van der Waals surface area contributed by atoms with Gasteiger partial charge in [-0.05, 0) is 30.3 Å². The van der Waals surface area contributed by atoms with E-state index in [0.717, 1.165) is 0 Å². The summed E-state index contributed by atoms with van der Waals surface area (Å²) < 4.78 is 31.5. The number of ether oxygens (including phenoxy) is 1. The maximum atomic E-state index is 12.5. The Hall–Kier alpha value is -1.81. The van der Waals surface area contributed by atoms with Crippen LogP contribution >= 0.6 is 23.4 Å². The van der Waals surface area contributed by atoms with Gasteiger partial charge in [0, 0.05) is 24.3 Å². The molecule has 0 atom stereocenters. The number of thioether (sulfide) groups is 1. The number of hydrogen-bond acceptors (Lipinski definition) is 6. The van der Waals surface area contributed by atoms with E-state index in [-0.39, 0.29) is 16.6 Å². The van der Waals surface area contributed by atoms with Crippen LogP contribution in [-0.4, -0.2) is 49.6 Å². The second kappa shape index (κ2) is 10.1. The summed E-state index contributed by atoms with van der Waals surface area (Å²) in [6, 6.07) is 8.04. The van der Waals surface area contributed by atoms with E-state index in [9.17, 15) is 13.2 Å². The topological polar surface area (TPSA) is 88.6 Å². The van der Waals surface area contributed by atoms with Crippen LogP contribution in [0.2, 0.25) is 5.02 Å². The molecule has 0 saturated heterocycles. The average Bonchev–Trinajstić information content (AvgIpc) is 2.67. The zero-order valence-corrected chi connectivity index (χ0v) is 18.2. The van der Waals surface area contributed by atoms with Crippen LogP contribution in [0.5, 0.6) is 5.75 Å². The lowest BCUT2D eigenvalue weighted by Gasteiger charge is -2.18. The fourth-order valence-corrected chi connectivity index (χ4v) is 4.64. The lowest BCUT2D eigenvalue weighted by Crippen LogP contribution is -2.30. The van der Waals surface area contributed by atoms with E-state index >= 15 is 0 Å². The second-order valence-corrected chi connectivity index (χ2v) is 8.97. The normalized spacial score (nSPS) is 11.5. The van der Waals surface area contributed by atoms with Gasteiger partial charge in [0.2, 0.25) is 15.9 Å². The summed E-state index contributed by atoms with van der Waals surface area (Å²) in [6.07, 6.45) is 1.31. The molecule has 0 spiro atoms. The van der Waals surface area contributed by atoms with E-state index in [1.54, 1.807) is 38.1 Å². The number of aromatic nitrogens is 1. The van der Waals surface area contributed by atoms with E-state index in [4.69, 9.17) is 16.3 Å². The molecule has 0 radical (unpaired) electrons. The Labute approximate surface area is 174 Å². The summed E-state index contributed by atoms with van der Waals surface area (Å²) in [5.41, 5.74) is 0.481. The highest BCUT2D eigenvalue weighted by Crippen LogP contribution is 2.28. The first kappa shape index (κ1) is 22.5. The van der Waals surface area contributed by atoms with Gasteiger partial charge in [0.1, 0.15) is 10.6 Å². The number of halogens is 1. The van der Waals surface area contributed by atoms with Gasteiger partial charge in [-0.3, -0.25) is 4.79 Å². The third-order valence-corrected chi connectivity index (χ3v) is 7.05. The Kier molecular flexibility index (Phi) is 8.11. The van der Waals surface area contributed by atoms with Crippen LogP contribution in [0.15, 0.2) is 46.5 Å². The number of pyridine rings is 1. The molecule has 0 bridgehead atoms. The Morgan fingerprint density at radius 3 is 2.54 bits per heavy atom. The lowest BCUT2D eigenvalue weighted by molar-refractivity contribution is -0.113. The van der Waals surface area contributed by atoms with Crippen molar-refractivity contribution >= 4 is 45.0 Å². The van der Waals surface area contributed by atoms with Gasteiger partial charge in [-0.15, -0.1) is 0 Å². The molecule has 2 aromatic rings. The van der Waals surface area contributed by atoms with Gasteiger partial charge in [-0.2, -0.15) is 4.31 Å². The van der Waals surface area contributed by atoms with E-state index in [1.807, 2.05) is 0 Å². The number of nitrogens with one attached hydrogen (secondary N) is 1. The van der Waals surface area contributed by atoms with Crippen molar-refractivity contribution in [2.75, 3.05) is 31.3 Å². The van der Waals surface area contributed by atoms with Crippen molar-refractivity contribution in [1.29, 1.82) is 0 Å². The number of anilines is 1. The molecule has 0 fully saturated rings. The van der Waals surface area contributed by atoms with Gasteiger partial charge in [0.05, 0.1) is 23.6 Å². The predicted octanol–water partition coefficient (Wildman–Crippen LogP) is 3.50. The summed E-state index contributed by atoms with van der Waals surface area (Å²) in [6.45, 7) is 4.35. The maximum Gasteiger partial charge on any atom is 0.244 e. The molecule has 10 heteroatoms. The Morgan fingerprint density at radius 1 is 1.25 bits per heavy atom. The average molecular weight is 444 g/mol. The third-order valence-electron chi connectivity index (χ3n) is 3.84. The van der Waals surface area contributed by atoms with E-state index in [2.05, 4.69) is 10.3 Å². The van der Waals surface area contributed by atoms with Crippen LogP contribution in [0.1, 0.15) is 13.8 Å². The molecular weight excluding hydrogens is 422 g/mol. The minimum atomic E-state index is -3.55. The molecule has 28 heavy (non-hydrogen) atoms. The molecule has 0 aliphatic rings. The van der Waals surface area contributed by atoms with E-state index < -0.39 is 10.0 Å². The SMILES string of the molecule is CCN(CC)S(=O)(=O)c1ccc(SCC(=O)Nc2cc(Cl)ccc2OC)nc1. The van der Waals surface area contributed by atoms with Gasteiger partial charge >= 0.3 is 0 Å². The van der Waals surface area contributed by atoms with Crippen LogP contribution in [0.4, 0.5) is 5.69 Å². The van der Waals surface area contributed by atoms with Crippen molar-refractivity contribution < 1.29 is 17.9 Å². The largest absolute Gasteiger partial charge is 0.495 e. The first-order chi connectivity index (χ1) is 13.3. The van der Waals surface area contributed by atoms with Crippen molar-refractivity contribution in [2.24, 2.45) is 0 Å². The molecule has 2 rings (SSSR count). The lowest BCUT2D eigenvalue weighted by atomic mass is 10.3. The van der Waals surface area contributed by atoms with Gasteiger partial charge in [0.15, 0.2) is 0 Å². The van der Waals surface area contributed by atoms with Crippen LogP contribution < -0.4 is 10.1 Å².